The molecule has 9 nitrogen and oxygen atoms in total. The first kappa shape index (κ1) is 29.6. The number of halogens is 3. The van der Waals surface area contributed by atoms with E-state index < -0.39 is 27.2 Å². The molecule has 1 fully saturated rings. The molecule has 44 heavy (non-hydrogen) atoms. The van der Waals surface area contributed by atoms with E-state index in [9.17, 15) is 26.4 Å². The molecular weight excluding hydrogens is 593 g/mol. The highest BCUT2D eigenvalue weighted by atomic mass is 32.2. The molecule has 1 amide bonds. The molecule has 3 N–H and O–H groups in total. The fourth-order valence-corrected chi connectivity index (χ4v) is 6.41. The number of sulfonamides is 1. The Kier molecular flexibility index (Phi) is 7.54. The minimum atomic E-state index is -4.49. The van der Waals surface area contributed by atoms with Gasteiger partial charge in [-0.15, -0.1) is 0 Å². The van der Waals surface area contributed by atoms with E-state index in [1.165, 1.54) is 23.1 Å². The molecule has 2 aliphatic rings. The van der Waals surface area contributed by atoms with Crippen LogP contribution in [0.25, 0.3) is 11.1 Å². The van der Waals surface area contributed by atoms with E-state index in [1.54, 1.807) is 43.6 Å². The van der Waals surface area contributed by atoms with E-state index >= 15 is 0 Å². The lowest BCUT2D eigenvalue weighted by Crippen LogP contribution is -2.36. The highest BCUT2D eigenvalue weighted by Crippen LogP contribution is 2.51. The highest BCUT2D eigenvalue weighted by molar-refractivity contribution is 7.89. The Labute approximate surface area is 252 Å². The first-order valence-electron chi connectivity index (χ1n) is 14.0. The summed E-state index contributed by atoms with van der Waals surface area (Å²) in [5.41, 5.74) is 1.21. The van der Waals surface area contributed by atoms with E-state index in [0.717, 1.165) is 17.7 Å². The van der Waals surface area contributed by atoms with Crippen LogP contribution in [0, 0.1) is 0 Å². The predicted octanol–water partition coefficient (Wildman–Crippen LogP) is 5.69. The Morgan fingerprint density at radius 1 is 0.977 bits per heavy atom. The van der Waals surface area contributed by atoms with Crippen molar-refractivity contribution in [2.24, 2.45) is 0 Å². The van der Waals surface area contributed by atoms with Gasteiger partial charge >= 0.3 is 6.18 Å². The van der Waals surface area contributed by atoms with Crippen LogP contribution in [0.4, 0.5) is 36.3 Å². The molecule has 1 saturated carbocycles. The van der Waals surface area contributed by atoms with Crippen molar-refractivity contribution in [3.8, 4) is 11.1 Å². The Morgan fingerprint density at radius 3 is 2.45 bits per heavy atom. The average molecular weight is 623 g/mol. The summed E-state index contributed by atoms with van der Waals surface area (Å²) >= 11 is 0. The molecule has 6 rings (SSSR count). The summed E-state index contributed by atoms with van der Waals surface area (Å²) < 4.78 is 67.8. The summed E-state index contributed by atoms with van der Waals surface area (Å²) in [5, 5.41) is 6.33. The van der Waals surface area contributed by atoms with Gasteiger partial charge in [0.25, 0.3) is 0 Å². The minimum Gasteiger partial charge on any atom is -0.369 e. The number of hydrogen-bond acceptors (Lipinski definition) is 7. The molecule has 1 aliphatic heterocycles. The zero-order valence-electron chi connectivity index (χ0n) is 23.6. The summed E-state index contributed by atoms with van der Waals surface area (Å²) in [6.45, 7) is 0.674. The molecule has 13 heteroatoms. The Balaban J connectivity index is 1.24. The van der Waals surface area contributed by atoms with Gasteiger partial charge in [0.2, 0.25) is 21.9 Å². The van der Waals surface area contributed by atoms with Gasteiger partial charge in [0.15, 0.2) is 0 Å². The predicted molar refractivity (Wildman–Crippen MR) is 161 cm³/mol. The summed E-state index contributed by atoms with van der Waals surface area (Å²) in [7, 11) is -2.04. The number of alkyl halides is 3. The number of hydrogen-bond donors (Lipinski definition) is 3. The molecule has 0 spiro atoms. The van der Waals surface area contributed by atoms with Crippen LogP contribution in [-0.4, -0.2) is 44.4 Å². The third-order valence-electron chi connectivity index (χ3n) is 7.90. The topological polar surface area (TPSA) is 116 Å². The normalized spacial score (nSPS) is 17.1. The van der Waals surface area contributed by atoms with Crippen LogP contribution >= 0.6 is 0 Å². The maximum Gasteiger partial charge on any atom is 0.416 e. The van der Waals surface area contributed by atoms with Crippen molar-refractivity contribution in [2.75, 3.05) is 35.7 Å². The van der Waals surface area contributed by atoms with Crippen molar-refractivity contribution >= 4 is 39.1 Å². The van der Waals surface area contributed by atoms with Crippen molar-refractivity contribution < 1.29 is 26.4 Å². The number of carbonyl (C=O) groups is 1. The SMILES string of the molecule is CN(C(=O)C1(c2cccc(C(F)(F)F)c2)CC1)c1ccc(-c2cnc3nc2NCCCNS(=O)(=O)c2cccc(c2)N3)cc1. The number of nitrogens with one attached hydrogen (secondary N) is 3. The zero-order valence-corrected chi connectivity index (χ0v) is 24.5. The van der Waals surface area contributed by atoms with Gasteiger partial charge in [0.05, 0.1) is 15.9 Å². The molecule has 0 radical (unpaired) electrons. The van der Waals surface area contributed by atoms with E-state index in [-0.39, 0.29) is 23.3 Å². The summed E-state index contributed by atoms with van der Waals surface area (Å²) in [4.78, 5) is 24.3. The van der Waals surface area contributed by atoms with Crippen molar-refractivity contribution in [3.05, 3.63) is 90.1 Å². The number of carbonyl (C=O) groups excluding carboxylic acids is 1. The van der Waals surface area contributed by atoms with Crippen molar-refractivity contribution in [3.63, 3.8) is 0 Å². The fraction of sp³-hybridized carbons (Fsp3) is 0.258. The monoisotopic (exact) mass is 622 g/mol. The number of anilines is 4. The summed E-state index contributed by atoms with van der Waals surface area (Å²) in [6, 6.07) is 18.6. The smallest absolute Gasteiger partial charge is 0.369 e. The second-order valence-electron chi connectivity index (χ2n) is 10.9. The molecule has 4 aromatic rings. The third-order valence-corrected chi connectivity index (χ3v) is 9.36. The summed E-state index contributed by atoms with van der Waals surface area (Å²) in [5.74, 6) is 0.562. The molecule has 4 bridgehead atoms. The number of likely N-dealkylation sites (N-methyl/N-ethyl adjacent to an activating group) is 1. The number of fused-ring (bicyclic) bond motifs is 4. The summed E-state index contributed by atoms with van der Waals surface area (Å²) in [6.07, 6.45) is -1.36. The van der Waals surface area contributed by atoms with Gasteiger partial charge in [-0.1, -0.05) is 36.4 Å². The second kappa shape index (κ2) is 11.2. The molecule has 3 aromatic carbocycles. The van der Waals surface area contributed by atoms with Crippen LogP contribution in [0.15, 0.2) is 83.9 Å². The second-order valence-corrected chi connectivity index (χ2v) is 12.6. The third kappa shape index (κ3) is 5.84. The lowest BCUT2D eigenvalue weighted by Gasteiger charge is -2.25. The number of rotatable bonds is 4. The Hall–Kier alpha value is -4.49. The van der Waals surface area contributed by atoms with Crippen LogP contribution < -0.4 is 20.3 Å². The van der Waals surface area contributed by atoms with Gasteiger partial charge in [0, 0.05) is 43.3 Å². The quantitative estimate of drug-likeness (QED) is 0.268. The first-order chi connectivity index (χ1) is 21.0. The largest absolute Gasteiger partial charge is 0.416 e. The molecule has 0 unspecified atom stereocenters. The molecule has 0 atom stereocenters. The van der Waals surface area contributed by atoms with Crippen LogP contribution in [0.3, 0.4) is 0 Å². The zero-order chi connectivity index (χ0) is 31.1. The molecule has 0 saturated heterocycles. The van der Waals surface area contributed by atoms with Gasteiger partial charge in [-0.3, -0.25) is 4.79 Å². The van der Waals surface area contributed by atoms with E-state index in [1.807, 2.05) is 12.1 Å². The van der Waals surface area contributed by atoms with E-state index in [2.05, 4.69) is 25.3 Å². The fourth-order valence-electron chi connectivity index (χ4n) is 5.29. The molecule has 2 heterocycles. The minimum absolute atomic E-state index is 0.137. The molecule has 1 aromatic heterocycles. The maximum atomic E-state index is 13.6. The number of aromatic nitrogens is 2. The number of amides is 1. The lowest BCUT2D eigenvalue weighted by molar-refractivity contribution is -0.137. The van der Waals surface area contributed by atoms with Crippen LogP contribution in [0.1, 0.15) is 30.4 Å². The van der Waals surface area contributed by atoms with Crippen LogP contribution in [0.5, 0.6) is 0 Å². The van der Waals surface area contributed by atoms with Crippen molar-refractivity contribution in [1.29, 1.82) is 0 Å². The maximum absolute atomic E-state index is 13.6. The van der Waals surface area contributed by atoms with E-state index in [4.69, 9.17) is 0 Å². The van der Waals surface area contributed by atoms with Gasteiger partial charge in [-0.2, -0.15) is 18.2 Å². The van der Waals surface area contributed by atoms with Gasteiger partial charge < -0.3 is 15.5 Å². The Morgan fingerprint density at radius 2 is 1.73 bits per heavy atom. The average Bonchev–Trinajstić information content (AvgIpc) is 3.82. The van der Waals surface area contributed by atoms with Crippen molar-refractivity contribution in [1.82, 2.24) is 14.7 Å². The van der Waals surface area contributed by atoms with Crippen molar-refractivity contribution in [2.45, 2.75) is 35.7 Å². The van der Waals surface area contributed by atoms with Crippen LogP contribution in [-0.2, 0) is 26.4 Å². The van der Waals surface area contributed by atoms with Gasteiger partial charge in [-0.25, -0.2) is 18.1 Å². The number of benzene rings is 3. The van der Waals surface area contributed by atoms with E-state index in [0.29, 0.717) is 54.1 Å². The lowest BCUT2D eigenvalue weighted by atomic mass is 9.92. The highest BCUT2D eigenvalue weighted by Gasteiger charge is 2.53. The first-order valence-corrected chi connectivity index (χ1v) is 15.5. The molecule has 228 valence electrons. The Bertz CT molecular complexity index is 1830. The van der Waals surface area contributed by atoms with Gasteiger partial charge in [0.1, 0.15) is 5.82 Å². The van der Waals surface area contributed by atoms with Crippen LogP contribution in [0.2, 0.25) is 0 Å². The van der Waals surface area contributed by atoms with Gasteiger partial charge in [-0.05, 0) is 66.8 Å². The number of nitrogens with zero attached hydrogens (tertiary/aromatic N) is 3. The molecule has 1 aliphatic carbocycles. The standard InChI is InChI=1S/C31H29F3N6O3S/c1-40(28(41)30(13-14-30)21-5-2-6-22(17-21)31(32,33)34)24-11-9-20(10-12-24)26-19-36-29-38-23-7-3-8-25(18-23)44(42,43)37-16-4-15-35-27(26)39-29/h2-3,5-12,17-19,37H,4,13-16H2,1H3,(H2,35,36,38,39). The molecular formula is C31H29F3N6O3S.